The highest BCUT2D eigenvalue weighted by molar-refractivity contribution is 5.78. The number of hydrogen-bond donors (Lipinski definition) is 2. The normalized spacial score (nSPS) is 12.8. The van der Waals surface area contributed by atoms with E-state index in [-0.39, 0.29) is 11.6 Å². The largest absolute Gasteiger partial charge is 0.354 e. The van der Waals surface area contributed by atoms with Crippen molar-refractivity contribution in [3.63, 3.8) is 0 Å². The molecule has 1 atom stereocenters. The van der Waals surface area contributed by atoms with Crippen LogP contribution in [0.4, 0.5) is 5.95 Å². The van der Waals surface area contributed by atoms with Crippen LogP contribution in [0.25, 0.3) is 10.9 Å². The number of benzene rings is 1. The number of aromatic amines is 1. The smallest absolute Gasteiger partial charge is 0.260 e. The Bertz CT molecular complexity index is 607. The lowest BCUT2D eigenvalue weighted by atomic mass is 10.2. The van der Waals surface area contributed by atoms with E-state index in [0.29, 0.717) is 16.9 Å². The van der Waals surface area contributed by atoms with Gasteiger partial charge in [-0.15, -0.1) is 0 Å². The maximum absolute atomic E-state index is 11.9. The number of fused-ring (bicyclic) bond motifs is 1. The maximum atomic E-state index is 11.9. The van der Waals surface area contributed by atoms with Crippen LogP contribution in [0, 0.1) is 0 Å². The first kappa shape index (κ1) is 13.5. The van der Waals surface area contributed by atoms with Gasteiger partial charge in [-0.1, -0.05) is 12.1 Å². The third-order valence-electron chi connectivity index (χ3n) is 2.85. The standard InChI is InChI=1S/C13H17N3O3/c1-8(12(18-2)19-3)14-13-15-10-7-5-4-6-9(10)11(17)16-13/h4-8,12H,1-3H3,(H2,14,15,16,17). The number of methoxy groups -OCH3 is 2. The van der Waals surface area contributed by atoms with Crippen LogP contribution in [-0.2, 0) is 9.47 Å². The van der Waals surface area contributed by atoms with Crippen LogP contribution >= 0.6 is 0 Å². The second-order valence-corrected chi connectivity index (χ2v) is 4.20. The van der Waals surface area contributed by atoms with Crippen molar-refractivity contribution in [1.29, 1.82) is 0 Å². The Balaban J connectivity index is 2.29. The summed E-state index contributed by atoms with van der Waals surface area (Å²) in [5.74, 6) is 0.398. The van der Waals surface area contributed by atoms with Crippen molar-refractivity contribution in [1.82, 2.24) is 9.97 Å². The van der Waals surface area contributed by atoms with Crippen LogP contribution in [0.1, 0.15) is 6.92 Å². The molecule has 2 aromatic rings. The van der Waals surface area contributed by atoms with Gasteiger partial charge in [0.15, 0.2) is 6.29 Å². The van der Waals surface area contributed by atoms with E-state index in [9.17, 15) is 4.79 Å². The Kier molecular flexibility index (Phi) is 4.13. The molecule has 2 N–H and O–H groups in total. The van der Waals surface area contributed by atoms with E-state index in [4.69, 9.17) is 9.47 Å². The molecule has 0 amide bonds. The first-order chi connectivity index (χ1) is 9.15. The number of nitrogens with zero attached hydrogens (tertiary/aromatic N) is 1. The molecule has 102 valence electrons. The van der Waals surface area contributed by atoms with E-state index in [0.717, 1.165) is 0 Å². The number of ether oxygens (including phenoxy) is 2. The molecule has 1 heterocycles. The topological polar surface area (TPSA) is 76.2 Å². The molecule has 0 saturated carbocycles. The third-order valence-corrected chi connectivity index (χ3v) is 2.85. The number of anilines is 1. The van der Waals surface area contributed by atoms with Gasteiger partial charge in [0, 0.05) is 14.2 Å². The Labute approximate surface area is 110 Å². The van der Waals surface area contributed by atoms with Gasteiger partial charge in [-0.05, 0) is 19.1 Å². The van der Waals surface area contributed by atoms with E-state index >= 15 is 0 Å². The molecular weight excluding hydrogens is 246 g/mol. The lowest BCUT2D eigenvalue weighted by molar-refractivity contribution is -0.109. The number of aromatic nitrogens is 2. The van der Waals surface area contributed by atoms with Gasteiger partial charge in [-0.3, -0.25) is 9.78 Å². The van der Waals surface area contributed by atoms with E-state index in [2.05, 4.69) is 15.3 Å². The molecule has 2 rings (SSSR count). The van der Waals surface area contributed by atoms with Crippen molar-refractivity contribution in [2.24, 2.45) is 0 Å². The van der Waals surface area contributed by atoms with Crippen molar-refractivity contribution in [2.75, 3.05) is 19.5 Å². The molecule has 1 unspecified atom stereocenters. The van der Waals surface area contributed by atoms with Crippen LogP contribution in [0.3, 0.4) is 0 Å². The van der Waals surface area contributed by atoms with Crippen molar-refractivity contribution >= 4 is 16.9 Å². The predicted molar refractivity (Wildman–Crippen MR) is 73.3 cm³/mol. The van der Waals surface area contributed by atoms with Gasteiger partial charge in [0.25, 0.3) is 5.56 Å². The van der Waals surface area contributed by atoms with Crippen LogP contribution in [0.5, 0.6) is 0 Å². The highest BCUT2D eigenvalue weighted by Crippen LogP contribution is 2.10. The second kappa shape index (κ2) is 5.81. The molecule has 6 heteroatoms. The Morgan fingerprint density at radius 1 is 1.26 bits per heavy atom. The van der Waals surface area contributed by atoms with Crippen molar-refractivity contribution in [2.45, 2.75) is 19.3 Å². The van der Waals surface area contributed by atoms with Gasteiger partial charge in [-0.2, -0.15) is 0 Å². The predicted octanol–water partition coefficient (Wildman–Crippen LogP) is 1.34. The molecule has 0 aliphatic carbocycles. The minimum atomic E-state index is -0.420. The molecule has 0 saturated heterocycles. The molecule has 1 aromatic carbocycles. The summed E-state index contributed by atoms with van der Waals surface area (Å²) in [7, 11) is 3.12. The van der Waals surface area contributed by atoms with Crippen LogP contribution < -0.4 is 10.9 Å². The monoisotopic (exact) mass is 263 g/mol. The zero-order valence-electron chi connectivity index (χ0n) is 11.1. The lowest BCUT2D eigenvalue weighted by Gasteiger charge is -2.22. The Morgan fingerprint density at radius 3 is 2.63 bits per heavy atom. The minimum Gasteiger partial charge on any atom is -0.354 e. The van der Waals surface area contributed by atoms with Gasteiger partial charge in [-0.25, -0.2) is 4.98 Å². The summed E-state index contributed by atoms with van der Waals surface area (Å²) in [6.45, 7) is 1.88. The summed E-state index contributed by atoms with van der Waals surface area (Å²) in [5.41, 5.74) is 0.471. The molecule has 0 aliphatic rings. The highest BCUT2D eigenvalue weighted by atomic mass is 16.7. The fourth-order valence-corrected chi connectivity index (χ4v) is 1.94. The number of hydrogen-bond acceptors (Lipinski definition) is 5. The molecule has 0 aliphatic heterocycles. The van der Waals surface area contributed by atoms with Crippen LogP contribution in [-0.4, -0.2) is 36.5 Å². The number of rotatable bonds is 5. The average molecular weight is 263 g/mol. The van der Waals surface area contributed by atoms with E-state index in [1.165, 1.54) is 0 Å². The summed E-state index contributed by atoms with van der Waals surface area (Å²) in [6.07, 6.45) is -0.420. The molecule has 19 heavy (non-hydrogen) atoms. The minimum absolute atomic E-state index is 0.153. The molecule has 0 radical (unpaired) electrons. The second-order valence-electron chi connectivity index (χ2n) is 4.20. The third kappa shape index (κ3) is 2.91. The number of para-hydroxylation sites is 1. The van der Waals surface area contributed by atoms with Gasteiger partial charge >= 0.3 is 0 Å². The Hall–Kier alpha value is -1.92. The molecule has 0 fully saturated rings. The summed E-state index contributed by atoms with van der Waals surface area (Å²) >= 11 is 0. The van der Waals surface area contributed by atoms with E-state index in [1.807, 2.05) is 13.0 Å². The van der Waals surface area contributed by atoms with E-state index < -0.39 is 6.29 Å². The molecule has 6 nitrogen and oxygen atoms in total. The number of H-pyrrole nitrogens is 1. The van der Waals surface area contributed by atoms with Crippen LogP contribution in [0.15, 0.2) is 29.1 Å². The first-order valence-corrected chi connectivity index (χ1v) is 5.97. The molecule has 0 spiro atoms. The molecule has 1 aromatic heterocycles. The van der Waals surface area contributed by atoms with Gasteiger partial charge < -0.3 is 14.8 Å². The zero-order valence-corrected chi connectivity index (χ0v) is 11.1. The Morgan fingerprint density at radius 2 is 1.95 bits per heavy atom. The van der Waals surface area contributed by atoms with Gasteiger partial charge in [0.05, 0.1) is 16.9 Å². The number of nitrogens with one attached hydrogen (secondary N) is 2. The first-order valence-electron chi connectivity index (χ1n) is 5.97. The summed E-state index contributed by atoms with van der Waals surface area (Å²) < 4.78 is 10.3. The SMILES string of the molecule is COC(OC)C(C)Nc1nc2ccccc2c(=O)[nH]1. The summed E-state index contributed by atoms with van der Waals surface area (Å²) in [6, 6.07) is 7.03. The average Bonchev–Trinajstić information content (AvgIpc) is 2.40. The van der Waals surface area contributed by atoms with Crippen molar-refractivity contribution in [3.05, 3.63) is 34.6 Å². The zero-order chi connectivity index (χ0) is 13.8. The molecule has 0 bridgehead atoms. The summed E-state index contributed by atoms with van der Waals surface area (Å²) in [4.78, 5) is 18.9. The quantitative estimate of drug-likeness (QED) is 0.796. The van der Waals surface area contributed by atoms with Crippen molar-refractivity contribution in [3.8, 4) is 0 Å². The highest BCUT2D eigenvalue weighted by Gasteiger charge is 2.16. The van der Waals surface area contributed by atoms with Crippen LogP contribution in [0.2, 0.25) is 0 Å². The maximum Gasteiger partial charge on any atom is 0.260 e. The van der Waals surface area contributed by atoms with E-state index in [1.54, 1.807) is 32.4 Å². The summed E-state index contributed by atoms with van der Waals surface area (Å²) in [5, 5.41) is 3.63. The fourth-order valence-electron chi connectivity index (χ4n) is 1.94. The lowest BCUT2D eigenvalue weighted by Crippen LogP contribution is -2.34. The van der Waals surface area contributed by atoms with Crippen molar-refractivity contribution < 1.29 is 9.47 Å². The fraction of sp³-hybridized carbons (Fsp3) is 0.385. The molecular formula is C13H17N3O3. The van der Waals surface area contributed by atoms with Gasteiger partial charge in [0.2, 0.25) is 5.95 Å². The van der Waals surface area contributed by atoms with Gasteiger partial charge in [0.1, 0.15) is 0 Å².